The van der Waals surface area contributed by atoms with Crippen LogP contribution in [0.2, 0.25) is 0 Å². The van der Waals surface area contributed by atoms with Crippen molar-refractivity contribution < 1.29 is 14.3 Å². The Morgan fingerprint density at radius 1 is 1.08 bits per heavy atom. The van der Waals surface area contributed by atoms with Crippen LogP contribution in [0.1, 0.15) is 15.9 Å². The molecular formula is C19H14N2O3. The van der Waals surface area contributed by atoms with Crippen LogP contribution in [0.5, 0.6) is 0 Å². The van der Waals surface area contributed by atoms with Gasteiger partial charge in [0.1, 0.15) is 0 Å². The minimum absolute atomic E-state index is 0.339. The van der Waals surface area contributed by atoms with Gasteiger partial charge in [-0.2, -0.15) is 0 Å². The van der Waals surface area contributed by atoms with E-state index < -0.39 is 12.1 Å². The van der Waals surface area contributed by atoms with Crippen LogP contribution in [0.15, 0.2) is 60.8 Å². The molecule has 1 N–H and O–H groups in total. The molecule has 1 atom stereocenters. The molecule has 0 saturated heterocycles. The van der Waals surface area contributed by atoms with Crippen LogP contribution < -0.4 is 5.32 Å². The molecule has 5 nitrogen and oxygen atoms in total. The molecule has 0 saturated carbocycles. The summed E-state index contributed by atoms with van der Waals surface area (Å²) in [6.07, 6.45) is 1.24. The summed E-state index contributed by atoms with van der Waals surface area (Å²) in [6.45, 7) is 0. The topological polar surface area (TPSA) is 68.3 Å². The maximum Gasteiger partial charge on any atom is 0.339 e. The van der Waals surface area contributed by atoms with Gasteiger partial charge in [0.25, 0.3) is 5.91 Å². The van der Waals surface area contributed by atoms with E-state index in [0.29, 0.717) is 17.7 Å². The van der Waals surface area contributed by atoms with Crippen molar-refractivity contribution in [3.8, 4) is 0 Å². The zero-order valence-corrected chi connectivity index (χ0v) is 12.7. The zero-order valence-electron chi connectivity index (χ0n) is 12.7. The Kier molecular flexibility index (Phi) is 3.46. The highest BCUT2D eigenvalue weighted by Crippen LogP contribution is 2.24. The van der Waals surface area contributed by atoms with E-state index in [0.717, 1.165) is 16.5 Å². The predicted octanol–water partition coefficient (Wildman–Crippen LogP) is 2.96. The molecule has 1 aliphatic rings. The SMILES string of the molecule is O=C1O[C@H](C(=O)Nc2cccc3ncccc23)Cc2ccccc21. The third-order valence-corrected chi connectivity index (χ3v) is 4.09. The van der Waals surface area contributed by atoms with Gasteiger partial charge < -0.3 is 10.1 Å². The Morgan fingerprint density at radius 2 is 1.96 bits per heavy atom. The number of benzene rings is 2. The Bertz CT molecular complexity index is 947. The van der Waals surface area contributed by atoms with Gasteiger partial charge in [-0.3, -0.25) is 9.78 Å². The van der Waals surface area contributed by atoms with E-state index >= 15 is 0 Å². The summed E-state index contributed by atoms with van der Waals surface area (Å²) >= 11 is 0. The van der Waals surface area contributed by atoms with Gasteiger partial charge in [0.05, 0.1) is 16.8 Å². The second-order valence-corrected chi connectivity index (χ2v) is 5.62. The van der Waals surface area contributed by atoms with Crippen molar-refractivity contribution in [2.75, 3.05) is 5.32 Å². The molecule has 1 aliphatic heterocycles. The molecule has 1 amide bonds. The molecule has 24 heavy (non-hydrogen) atoms. The first kappa shape index (κ1) is 14.4. The van der Waals surface area contributed by atoms with Crippen LogP contribution in [0, 0.1) is 0 Å². The van der Waals surface area contributed by atoms with Crippen molar-refractivity contribution >= 4 is 28.5 Å². The normalized spacial score (nSPS) is 16.3. The number of anilines is 1. The van der Waals surface area contributed by atoms with Crippen molar-refractivity contribution in [2.45, 2.75) is 12.5 Å². The van der Waals surface area contributed by atoms with Crippen molar-refractivity contribution in [2.24, 2.45) is 0 Å². The van der Waals surface area contributed by atoms with E-state index in [-0.39, 0.29) is 5.91 Å². The third kappa shape index (κ3) is 2.50. The van der Waals surface area contributed by atoms with E-state index in [4.69, 9.17) is 4.74 Å². The summed E-state index contributed by atoms with van der Waals surface area (Å²) in [4.78, 5) is 28.9. The van der Waals surface area contributed by atoms with Crippen molar-refractivity contribution in [3.05, 3.63) is 71.9 Å². The summed E-state index contributed by atoms with van der Waals surface area (Å²) in [6, 6.07) is 16.4. The Balaban J connectivity index is 1.60. The summed E-state index contributed by atoms with van der Waals surface area (Å²) < 4.78 is 5.29. The van der Waals surface area contributed by atoms with Gasteiger partial charge in [-0.1, -0.05) is 24.3 Å². The van der Waals surface area contributed by atoms with E-state index in [1.54, 1.807) is 24.4 Å². The smallest absolute Gasteiger partial charge is 0.339 e. The second kappa shape index (κ2) is 5.77. The van der Waals surface area contributed by atoms with Crippen LogP contribution in [-0.4, -0.2) is 23.0 Å². The van der Waals surface area contributed by atoms with Gasteiger partial charge in [0.2, 0.25) is 0 Å². The highest BCUT2D eigenvalue weighted by atomic mass is 16.5. The van der Waals surface area contributed by atoms with Crippen molar-refractivity contribution in [1.82, 2.24) is 4.98 Å². The molecular weight excluding hydrogens is 304 g/mol. The summed E-state index contributed by atoms with van der Waals surface area (Å²) in [5.74, 6) is -0.800. The first-order chi connectivity index (χ1) is 11.7. The summed E-state index contributed by atoms with van der Waals surface area (Å²) in [7, 11) is 0. The molecule has 5 heteroatoms. The maximum atomic E-state index is 12.6. The lowest BCUT2D eigenvalue weighted by atomic mass is 9.98. The molecule has 0 radical (unpaired) electrons. The van der Waals surface area contributed by atoms with Gasteiger partial charge in [-0.25, -0.2) is 4.79 Å². The lowest BCUT2D eigenvalue weighted by Gasteiger charge is -2.24. The molecule has 0 fully saturated rings. The largest absolute Gasteiger partial charge is 0.448 e. The number of carbonyl (C=O) groups excluding carboxylic acids is 2. The van der Waals surface area contributed by atoms with Crippen LogP contribution in [0.4, 0.5) is 5.69 Å². The Morgan fingerprint density at radius 3 is 2.88 bits per heavy atom. The van der Waals surface area contributed by atoms with Gasteiger partial charge in [0, 0.05) is 18.0 Å². The van der Waals surface area contributed by atoms with E-state index in [1.165, 1.54) is 0 Å². The number of esters is 1. The molecule has 0 aliphatic carbocycles. The van der Waals surface area contributed by atoms with Gasteiger partial charge in [-0.05, 0) is 35.9 Å². The number of cyclic esters (lactones) is 1. The number of fused-ring (bicyclic) bond motifs is 2. The Labute approximate surface area is 138 Å². The van der Waals surface area contributed by atoms with Gasteiger partial charge >= 0.3 is 5.97 Å². The number of aromatic nitrogens is 1. The minimum Gasteiger partial charge on any atom is -0.448 e. The van der Waals surface area contributed by atoms with Crippen LogP contribution in [-0.2, 0) is 16.0 Å². The molecule has 1 aromatic heterocycles. The molecule has 0 spiro atoms. The van der Waals surface area contributed by atoms with E-state index in [9.17, 15) is 9.59 Å². The average Bonchev–Trinajstić information content (AvgIpc) is 2.62. The molecule has 2 aromatic carbocycles. The fraction of sp³-hybridized carbons (Fsp3) is 0.105. The number of nitrogens with zero attached hydrogens (tertiary/aromatic N) is 1. The third-order valence-electron chi connectivity index (χ3n) is 4.09. The number of hydrogen-bond acceptors (Lipinski definition) is 4. The molecule has 0 unspecified atom stereocenters. The zero-order chi connectivity index (χ0) is 16.5. The highest BCUT2D eigenvalue weighted by Gasteiger charge is 2.31. The highest BCUT2D eigenvalue weighted by molar-refractivity contribution is 6.04. The predicted molar refractivity (Wildman–Crippen MR) is 89.7 cm³/mol. The Hall–Kier alpha value is -3.21. The fourth-order valence-corrected chi connectivity index (χ4v) is 2.90. The van der Waals surface area contributed by atoms with Gasteiger partial charge in [0.15, 0.2) is 6.10 Å². The molecule has 3 aromatic rings. The average molecular weight is 318 g/mol. The van der Waals surface area contributed by atoms with Crippen LogP contribution >= 0.6 is 0 Å². The minimum atomic E-state index is -0.834. The molecule has 118 valence electrons. The first-order valence-electron chi connectivity index (χ1n) is 7.66. The number of rotatable bonds is 2. The second-order valence-electron chi connectivity index (χ2n) is 5.62. The first-order valence-corrected chi connectivity index (χ1v) is 7.66. The number of ether oxygens (including phenoxy) is 1. The quantitative estimate of drug-likeness (QED) is 0.738. The number of amides is 1. The summed E-state index contributed by atoms with van der Waals surface area (Å²) in [5, 5.41) is 3.69. The van der Waals surface area contributed by atoms with E-state index in [2.05, 4.69) is 10.3 Å². The van der Waals surface area contributed by atoms with Crippen molar-refractivity contribution in [3.63, 3.8) is 0 Å². The lowest BCUT2D eigenvalue weighted by molar-refractivity contribution is -0.125. The maximum absolute atomic E-state index is 12.6. The number of nitrogens with one attached hydrogen (secondary N) is 1. The molecule has 2 heterocycles. The van der Waals surface area contributed by atoms with Crippen molar-refractivity contribution in [1.29, 1.82) is 0 Å². The standard InChI is InChI=1S/C19H14N2O3/c22-18(17-11-12-5-1-2-6-13(12)19(23)24-17)21-16-9-3-8-15-14(16)7-4-10-20-15/h1-10,17H,11H2,(H,21,22)/t17-/m0/s1. The fourth-order valence-electron chi connectivity index (χ4n) is 2.90. The monoisotopic (exact) mass is 318 g/mol. The lowest BCUT2D eigenvalue weighted by Crippen LogP contribution is -2.38. The number of pyridine rings is 1. The van der Waals surface area contributed by atoms with Crippen LogP contribution in [0.25, 0.3) is 10.9 Å². The molecule has 4 rings (SSSR count). The number of hydrogen-bond donors (Lipinski definition) is 1. The van der Waals surface area contributed by atoms with Crippen LogP contribution in [0.3, 0.4) is 0 Å². The molecule has 0 bridgehead atoms. The summed E-state index contributed by atoms with van der Waals surface area (Å²) in [5.41, 5.74) is 2.80. The van der Waals surface area contributed by atoms with Gasteiger partial charge in [-0.15, -0.1) is 0 Å². The number of carbonyl (C=O) groups is 2. The van der Waals surface area contributed by atoms with E-state index in [1.807, 2.05) is 36.4 Å².